The third-order valence-electron chi connectivity index (χ3n) is 6.54. The molecule has 1 aliphatic heterocycles. The van der Waals surface area contributed by atoms with Crippen LogP contribution in [0.5, 0.6) is 5.75 Å². The summed E-state index contributed by atoms with van der Waals surface area (Å²) in [5.74, 6) is 0.905. The molecule has 0 amide bonds. The monoisotopic (exact) mass is 559 g/mol. The lowest BCUT2D eigenvalue weighted by Crippen LogP contribution is -2.40. The van der Waals surface area contributed by atoms with Gasteiger partial charge in [0.25, 0.3) is 11.2 Å². The van der Waals surface area contributed by atoms with Gasteiger partial charge in [-0.3, -0.25) is 19.5 Å². The molecule has 0 fully saturated rings. The number of methoxy groups -OCH3 is 1. The van der Waals surface area contributed by atoms with Gasteiger partial charge in [-0.2, -0.15) is 0 Å². The minimum Gasteiger partial charge on any atom is -0.496 e. The van der Waals surface area contributed by atoms with Crippen molar-refractivity contribution in [1.82, 2.24) is 4.57 Å². The summed E-state index contributed by atoms with van der Waals surface area (Å²) in [6.45, 7) is 5.38. The molecule has 2 aromatic heterocycles. The van der Waals surface area contributed by atoms with Crippen molar-refractivity contribution in [1.29, 1.82) is 0 Å². The Bertz CT molecular complexity index is 1860. The van der Waals surface area contributed by atoms with Crippen LogP contribution in [-0.2, 0) is 9.53 Å². The number of rotatable bonds is 7. The molecule has 1 atom stereocenters. The maximum atomic E-state index is 13.8. The molecule has 0 aliphatic carbocycles. The fourth-order valence-corrected chi connectivity index (χ4v) is 5.75. The number of aryl methyl sites for hydroxylation is 1. The summed E-state index contributed by atoms with van der Waals surface area (Å²) in [7, 11) is 1.53. The van der Waals surface area contributed by atoms with Crippen molar-refractivity contribution in [3.8, 4) is 17.1 Å². The second kappa shape index (κ2) is 10.8. The highest BCUT2D eigenvalue weighted by atomic mass is 32.1. The Labute approximate surface area is 232 Å². The molecule has 0 spiro atoms. The van der Waals surface area contributed by atoms with Crippen LogP contribution in [0.1, 0.15) is 36.8 Å². The molecule has 0 saturated carbocycles. The van der Waals surface area contributed by atoms with Gasteiger partial charge in [-0.25, -0.2) is 9.79 Å². The molecule has 1 unspecified atom stereocenters. The number of thiazole rings is 1. The molecule has 0 bridgehead atoms. The summed E-state index contributed by atoms with van der Waals surface area (Å²) in [5.41, 5.74) is 2.39. The summed E-state index contributed by atoms with van der Waals surface area (Å²) in [5, 5.41) is 11.1. The number of benzene rings is 2. The van der Waals surface area contributed by atoms with Crippen molar-refractivity contribution < 1.29 is 23.6 Å². The van der Waals surface area contributed by atoms with E-state index in [4.69, 9.17) is 13.9 Å². The van der Waals surface area contributed by atoms with E-state index in [1.54, 1.807) is 51.1 Å². The highest BCUT2D eigenvalue weighted by Crippen LogP contribution is 2.35. The van der Waals surface area contributed by atoms with Gasteiger partial charge < -0.3 is 13.9 Å². The van der Waals surface area contributed by atoms with Crippen molar-refractivity contribution >= 4 is 29.1 Å². The summed E-state index contributed by atoms with van der Waals surface area (Å²) in [6.07, 6.45) is 1.62. The predicted octanol–water partition coefficient (Wildman–Crippen LogP) is 4.28. The Hall–Kier alpha value is -4.77. The van der Waals surface area contributed by atoms with Crippen LogP contribution >= 0.6 is 11.3 Å². The molecule has 1 aliphatic rings. The van der Waals surface area contributed by atoms with Crippen LogP contribution in [0.4, 0.5) is 5.69 Å². The highest BCUT2D eigenvalue weighted by molar-refractivity contribution is 7.07. The number of hydrogen-bond acceptors (Lipinski definition) is 9. The van der Waals surface area contributed by atoms with Crippen LogP contribution in [0.25, 0.3) is 17.4 Å². The van der Waals surface area contributed by atoms with Gasteiger partial charge in [0, 0.05) is 29.3 Å². The number of aromatic nitrogens is 1. The SMILES string of the molecule is CCOC(=O)C1=C(C)N=c2sc(=Cc3ccc(-c4ccc([N+](=O)[O-])cc4C)o3)c(=O)n2C1c1ccccc1OC. The van der Waals surface area contributed by atoms with Gasteiger partial charge in [0.15, 0.2) is 4.80 Å². The third kappa shape index (κ3) is 4.75. The summed E-state index contributed by atoms with van der Waals surface area (Å²) in [4.78, 5) is 42.6. The zero-order valence-corrected chi connectivity index (χ0v) is 23.0. The van der Waals surface area contributed by atoms with Crippen molar-refractivity contribution in [3.63, 3.8) is 0 Å². The second-order valence-electron chi connectivity index (χ2n) is 9.00. The van der Waals surface area contributed by atoms with E-state index in [2.05, 4.69) is 4.99 Å². The minimum atomic E-state index is -0.802. The number of allylic oxidation sites excluding steroid dienone is 1. The largest absolute Gasteiger partial charge is 0.496 e. The number of carbonyl (C=O) groups is 1. The van der Waals surface area contributed by atoms with Crippen LogP contribution in [0.15, 0.2) is 80.1 Å². The number of esters is 1. The quantitative estimate of drug-likeness (QED) is 0.188. The van der Waals surface area contributed by atoms with Crippen LogP contribution in [0.3, 0.4) is 0 Å². The Morgan fingerprint density at radius 2 is 1.98 bits per heavy atom. The van der Waals surface area contributed by atoms with Gasteiger partial charge in [-0.05, 0) is 50.6 Å². The van der Waals surface area contributed by atoms with Gasteiger partial charge in [0.1, 0.15) is 23.3 Å². The molecule has 4 aromatic rings. The van der Waals surface area contributed by atoms with E-state index in [-0.39, 0.29) is 23.4 Å². The van der Waals surface area contributed by atoms with E-state index < -0.39 is 16.9 Å². The number of nitro groups is 1. The summed E-state index contributed by atoms with van der Waals surface area (Å²) >= 11 is 1.18. The average molecular weight is 560 g/mol. The standard InChI is InChI=1S/C29H25N3O7S/c1-5-38-28(34)25-17(3)30-29-31(26(25)21-8-6-7-9-22(21)37-4)27(33)24(40-29)15-19-11-13-23(39-19)20-12-10-18(32(35)36)14-16(20)2/h6-15,26H,5H2,1-4H3. The first-order valence-electron chi connectivity index (χ1n) is 12.4. The number of nitrogens with zero attached hydrogens (tertiary/aromatic N) is 3. The van der Waals surface area contributed by atoms with Crippen LogP contribution in [0, 0.1) is 17.0 Å². The van der Waals surface area contributed by atoms with E-state index >= 15 is 0 Å². The summed E-state index contributed by atoms with van der Waals surface area (Å²) < 4.78 is 18.8. The van der Waals surface area contributed by atoms with Crippen LogP contribution < -0.4 is 19.6 Å². The number of hydrogen-bond donors (Lipinski definition) is 0. The first-order valence-corrected chi connectivity index (χ1v) is 13.2. The first kappa shape index (κ1) is 26.8. The van der Waals surface area contributed by atoms with Crippen molar-refractivity contribution in [3.05, 3.63) is 113 Å². The number of non-ortho nitro benzene ring substituents is 1. The molecular weight excluding hydrogens is 534 g/mol. The molecule has 10 nitrogen and oxygen atoms in total. The number of furan rings is 1. The zero-order chi connectivity index (χ0) is 28.6. The van der Waals surface area contributed by atoms with E-state index in [0.717, 1.165) is 0 Å². The lowest BCUT2D eigenvalue weighted by Gasteiger charge is -2.25. The van der Waals surface area contributed by atoms with Crippen LogP contribution in [-0.4, -0.2) is 29.2 Å². The minimum absolute atomic E-state index is 0.00350. The number of para-hydroxylation sites is 1. The molecule has 0 radical (unpaired) electrons. The van der Waals surface area contributed by atoms with Crippen LogP contribution in [0.2, 0.25) is 0 Å². The van der Waals surface area contributed by atoms with Gasteiger partial charge in [-0.15, -0.1) is 0 Å². The zero-order valence-electron chi connectivity index (χ0n) is 22.2. The Morgan fingerprint density at radius 3 is 2.67 bits per heavy atom. The van der Waals surface area contributed by atoms with Gasteiger partial charge >= 0.3 is 5.97 Å². The second-order valence-corrected chi connectivity index (χ2v) is 10.0. The third-order valence-corrected chi connectivity index (χ3v) is 7.52. The van der Waals surface area contributed by atoms with Crippen molar-refractivity contribution in [2.75, 3.05) is 13.7 Å². The maximum absolute atomic E-state index is 13.8. The smallest absolute Gasteiger partial charge is 0.338 e. The van der Waals surface area contributed by atoms with E-state index in [9.17, 15) is 19.7 Å². The molecule has 11 heteroatoms. The molecule has 3 heterocycles. The van der Waals surface area contributed by atoms with Gasteiger partial charge in [-0.1, -0.05) is 29.5 Å². The fraction of sp³-hybridized carbons (Fsp3) is 0.207. The summed E-state index contributed by atoms with van der Waals surface area (Å²) in [6, 6.07) is 14.4. The van der Waals surface area contributed by atoms with Crippen molar-refractivity contribution in [2.45, 2.75) is 26.8 Å². The lowest BCUT2D eigenvalue weighted by molar-refractivity contribution is -0.384. The highest BCUT2D eigenvalue weighted by Gasteiger charge is 2.35. The fourth-order valence-electron chi connectivity index (χ4n) is 4.72. The Kier molecular flexibility index (Phi) is 7.22. The molecule has 2 aromatic carbocycles. The van der Waals surface area contributed by atoms with Crippen molar-refractivity contribution in [2.24, 2.45) is 4.99 Å². The topological polar surface area (TPSA) is 126 Å². The Balaban J connectivity index is 1.63. The van der Waals surface area contributed by atoms with Gasteiger partial charge in [0.2, 0.25) is 0 Å². The average Bonchev–Trinajstić information content (AvgIpc) is 3.51. The maximum Gasteiger partial charge on any atom is 0.338 e. The lowest BCUT2D eigenvalue weighted by atomic mass is 9.95. The molecule has 40 heavy (non-hydrogen) atoms. The number of nitro benzene ring substituents is 1. The molecular formula is C29H25N3O7S. The molecule has 204 valence electrons. The Morgan fingerprint density at radius 1 is 1.20 bits per heavy atom. The normalized spacial score (nSPS) is 15.0. The van der Waals surface area contributed by atoms with E-state index in [0.29, 0.717) is 49.0 Å². The molecule has 0 N–H and O–H groups in total. The number of ether oxygens (including phenoxy) is 2. The first-order chi connectivity index (χ1) is 19.2. The predicted molar refractivity (Wildman–Crippen MR) is 149 cm³/mol. The molecule has 0 saturated heterocycles. The number of fused-ring (bicyclic) bond motifs is 1. The number of carbonyl (C=O) groups excluding carboxylic acids is 1. The molecule has 5 rings (SSSR count). The van der Waals surface area contributed by atoms with E-state index in [1.807, 2.05) is 18.2 Å². The van der Waals surface area contributed by atoms with E-state index in [1.165, 1.54) is 35.1 Å². The van der Waals surface area contributed by atoms with Gasteiger partial charge in [0.05, 0.1) is 34.4 Å².